The second-order valence-electron chi connectivity index (χ2n) is 5.13. The molecular formula is C14H16ClN3O2. The fraction of sp³-hybridized carbons (Fsp3) is 0.429. The Morgan fingerprint density at radius 2 is 2.10 bits per heavy atom. The van der Waals surface area contributed by atoms with Gasteiger partial charge in [0.1, 0.15) is 5.75 Å². The fourth-order valence-corrected chi connectivity index (χ4v) is 2.77. The standard InChI is InChI=1S/C14H16ClN3O2/c1-19-11-8-9(15)4-5-10(11)12-17-13(20-18-12)14(16)6-2-3-7-14/h4-5,8H,2-3,6-7,16H2,1H3. The number of hydrogen-bond donors (Lipinski definition) is 1. The molecule has 5 nitrogen and oxygen atoms in total. The van der Waals surface area contributed by atoms with Crippen LogP contribution in [0.4, 0.5) is 0 Å². The van der Waals surface area contributed by atoms with Crippen molar-refractivity contribution in [3.63, 3.8) is 0 Å². The van der Waals surface area contributed by atoms with E-state index in [0.29, 0.717) is 22.5 Å². The van der Waals surface area contributed by atoms with Gasteiger partial charge in [0.05, 0.1) is 18.2 Å². The summed E-state index contributed by atoms with van der Waals surface area (Å²) in [7, 11) is 1.58. The van der Waals surface area contributed by atoms with E-state index in [4.69, 9.17) is 26.6 Å². The third kappa shape index (κ3) is 2.27. The van der Waals surface area contributed by atoms with E-state index in [-0.39, 0.29) is 0 Å². The van der Waals surface area contributed by atoms with Crippen LogP contribution >= 0.6 is 11.6 Å². The van der Waals surface area contributed by atoms with Crippen LogP contribution in [-0.4, -0.2) is 17.3 Å². The average molecular weight is 294 g/mol. The first-order valence-corrected chi connectivity index (χ1v) is 6.97. The number of nitrogens with two attached hydrogens (primary N) is 1. The van der Waals surface area contributed by atoms with E-state index in [1.54, 1.807) is 19.2 Å². The van der Waals surface area contributed by atoms with Gasteiger partial charge in [-0.3, -0.25) is 0 Å². The van der Waals surface area contributed by atoms with Crippen LogP contribution in [0, 0.1) is 0 Å². The first-order valence-electron chi connectivity index (χ1n) is 6.59. The van der Waals surface area contributed by atoms with Gasteiger partial charge in [0.15, 0.2) is 0 Å². The van der Waals surface area contributed by atoms with Gasteiger partial charge in [0, 0.05) is 5.02 Å². The summed E-state index contributed by atoms with van der Waals surface area (Å²) in [6, 6.07) is 5.30. The molecule has 1 aliphatic carbocycles. The third-order valence-electron chi connectivity index (χ3n) is 3.75. The molecule has 0 aliphatic heterocycles. The van der Waals surface area contributed by atoms with Crippen molar-refractivity contribution < 1.29 is 9.26 Å². The van der Waals surface area contributed by atoms with Crippen LogP contribution in [-0.2, 0) is 5.54 Å². The third-order valence-corrected chi connectivity index (χ3v) is 3.99. The first-order chi connectivity index (χ1) is 9.62. The fourth-order valence-electron chi connectivity index (χ4n) is 2.60. The molecule has 0 amide bonds. The van der Waals surface area contributed by atoms with Crippen molar-refractivity contribution >= 4 is 11.6 Å². The molecule has 1 aliphatic rings. The summed E-state index contributed by atoms with van der Waals surface area (Å²) in [5, 5.41) is 4.62. The molecule has 0 unspecified atom stereocenters. The summed E-state index contributed by atoms with van der Waals surface area (Å²) < 4.78 is 10.7. The van der Waals surface area contributed by atoms with Crippen molar-refractivity contribution in [2.24, 2.45) is 5.73 Å². The van der Waals surface area contributed by atoms with Gasteiger partial charge < -0.3 is 15.0 Å². The van der Waals surface area contributed by atoms with Crippen LogP contribution in [0.3, 0.4) is 0 Å². The molecule has 0 atom stereocenters. The first kappa shape index (κ1) is 13.4. The molecule has 20 heavy (non-hydrogen) atoms. The number of ether oxygens (including phenoxy) is 1. The summed E-state index contributed by atoms with van der Waals surface area (Å²) in [4.78, 5) is 4.45. The minimum Gasteiger partial charge on any atom is -0.496 e. The molecule has 1 aromatic heterocycles. The number of rotatable bonds is 3. The molecular weight excluding hydrogens is 278 g/mol. The smallest absolute Gasteiger partial charge is 0.247 e. The molecule has 1 saturated carbocycles. The highest BCUT2D eigenvalue weighted by Crippen LogP contribution is 2.37. The maximum Gasteiger partial charge on any atom is 0.247 e. The summed E-state index contributed by atoms with van der Waals surface area (Å²) in [6.07, 6.45) is 3.95. The molecule has 0 spiro atoms. The molecule has 3 rings (SSSR count). The zero-order valence-electron chi connectivity index (χ0n) is 11.2. The van der Waals surface area contributed by atoms with E-state index >= 15 is 0 Å². The van der Waals surface area contributed by atoms with Crippen LogP contribution in [0.1, 0.15) is 31.6 Å². The summed E-state index contributed by atoms with van der Waals surface area (Å²) in [6.45, 7) is 0. The van der Waals surface area contributed by atoms with Crippen molar-refractivity contribution in [3.8, 4) is 17.1 Å². The van der Waals surface area contributed by atoms with E-state index in [2.05, 4.69) is 10.1 Å². The van der Waals surface area contributed by atoms with Crippen molar-refractivity contribution in [3.05, 3.63) is 29.1 Å². The maximum absolute atomic E-state index is 6.32. The van der Waals surface area contributed by atoms with Crippen LogP contribution in [0.15, 0.2) is 22.7 Å². The van der Waals surface area contributed by atoms with E-state index in [9.17, 15) is 0 Å². The monoisotopic (exact) mass is 293 g/mol. The van der Waals surface area contributed by atoms with E-state index in [1.807, 2.05) is 6.07 Å². The minimum atomic E-state index is -0.481. The Kier molecular flexibility index (Phi) is 3.40. The quantitative estimate of drug-likeness (QED) is 0.941. The highest BCUT2D eigenvalue weighted by molar-refractivity contribution is 6.30. The Balaban J connectivity index is 1.98. The van der Waals surface area contributed by atoms with Gasteiger partial charge in [-0.25, -0.2) is 0 Å². The number of hydrogen-bond acceptors (Lipinski definition) is 5. The average Bonchev–Trinajstić information content (AvgIpc) is 3.08. The van der Waals surface area contributed by atoms with Crippen LogP contribution in [0.25, 0.3) is 11.4 Å². The van der Waals surface area contributed by atoms with E-state index < -0.39 is 5.54 Å². The lowest BCUT2D eigenvalue weighted by Crippen LogP contribution is -2.33. The van der Waals surface area contributed by atoms with Crippen molar-refractivity contribution in [1.82, 2.24) is 10.1 Å². The maximum atomic E-state index is 6.32. The molecule has 0 saturated heterocycles. The lowest BCUT2D eigenvalue weighted by molar-refractivity contribution is 0.285. The number of nitrogens with zero attached hydrogens (tertiary/aromatic N) is 2. The number of halogens is 1. The van der Waals surface area contributed by atoms with Gasteiger partial charge in [-0.05, 0) is 31.0 Å². The Labute approximate surface area is 122 Å². The highest BCUT2D eigenvalue weighted by atomic mass is 35.5. The molecule has 106 valence electrons. The zero-order chi connectivity index (χ0) is 14.2. The molecule has 1 heterocycles. The van der Waals surface area contributed by atoms with Crippen molar-refractivity contribution in [2.45, 2.75) is 31.2 Å². The highest BCUT2D eigenvalue weighted by Gasteiger charge is 2.37. The van der Waals surface area contributed by atoms with Crippen molar-refractivity contribution in [2.75, 3.05) is 7.11 Å². The largest absolute Gasteiger partial charge is 0.496 e. The van der Waals surface area contributed by atoms with Crippen LogP contribution in [0.2, 0.25) is 5.02 Å². The van der Waals surface area contributed by atoms with E-state index in [0.717, 1.165) is 31.2 Å². The second kappa shape index (κ2) is 5.07. The van der Waals surface area contributed by atoms with Crippen molar-refractivity contribution in [1.29, 1.82) is 0 Å². The number of methoxy groups -OCH3 is 1. The summed E-state index contributed by atoms with van der Waals surface area (Å²) in [5.41, 5.74) is 6.58. The van der Waals surface area contributed by atoms with Gasteiger partial charge in [-0.2, -0.15) is 4.98 Å². The molecule has 1 fully saturated rings. The molecule has 0 radical (unpaired) electrons. The lowest BCUT2D eigenvalue weighted by Gasteiger charge is -2.17. The van der Waals surface area contributed by atoms with Gasteiger partial charge in [0.25, 0.3) is 0 Å². The summed E-state index contributed by atoms with van der Waals surface area (Å²) in [5.74, 6) is 1.59. The van der Waals surface area contributed by atoms with Crippen LogP contribution < -0.4 is 10.5 Å². The van der Waals surface area contributed by atoms with Gasteiger partial charge in [-0.1, -0.05) is 29.6 Å². The predicted molar refractivity (Wildman–Crippen MR) is 75.6 cm³/mol. The molecule has 2 aromatic rings. The van der Waals surface area contributed by atoms with Crippen LogP contribution in [0.5, 0.6) is 5.75 Å². The normalized spacial score (nSPS) is 17.4. The van der Waals surface area contributed by atoms with Gasteiger partial charge in [0.2, 0.25) is 11.7 Å². The minimum absolute atomic E-state index is 0.477. The second-order valence-corrected chi connectivity index (χ2v) is 5.57. The Bertz CT molecular complexity index is 621. The molecule has 1 aromatic carbocycles. The molecule has 6 heteroatoms. The molecule has 2 N–H and O–H groups in total. The number of benzene rings is 1. The van der Waals surface area contributed by atoms with Gasteiger partial charge in [-0.15, -0.1) is 0 Å². The Hall–Kier alpha value is -1.59. The van der Waals surface area contributed by atoms with Gasteiger partial charge >= 0.3 is 0 Å². The predicted octanol–water partition coefficient (Wildman–Crippen LogP) is 3.13. The van der Waals surface area contributed by atoms with E-state index in [1.165, 1.54) is 0 Å². The Morgan fingerprint density at radius 1 is 1.35 bits per heavy atom. The number of aromatic nitrogens is 2. The lowest BCUT2D eigenvalue weighted by atomic mass is 9.99. The topological polar surface area (TPSA) is 74.2 Å². The molecule has 0 bridgehead atoms. The zero-order valence-corrected chi connectivity index (χ0v) is 12.0. The SMILES string of the molecule is COc1cc(Cl)ccc1-c1noc(C2(N)CCCC2)n1. The Morgan fingerprint density at radius 3 is 2.80 bits per heavy atom. The summed E-state index contributed by atoms with van der Waals surface area (Å²) >= 11 is 5.95.